The van der Waals surface area contributed by atoms with Crippen molar-refractivity contribution in [3.05, 3.63) is 29.8 Å². The van der Waals surface area contributed by atoms with Gasteiger partial charge in [-0.05, 0) is 51.3 Å². The summed E-state index contributed by atoms with van der Waals surface area (Å²) in [5.74, 6) is 1.01. The molecule has 2 rings (SSSR count). The first-order chi connectivity index (χ1) is 9.03. The van der Waals surface area contributed by atoms with E-state index in [1.54, 1.807) is 0 Å². The van der Waals surface area contributed by atoms with Crippen LogP contribution in [0.4, 0.5) is 0 Å². The minimum atomic E-state index is -0.0312. The standard InChI is InChI=1S/C16H25NOS/c1-16(2,3)18-9-10-19-15-6-4-5-13(11-15)12-17-14-7-8-14/h4-6,11,14,17H,7-10,12H2,1-3H3. The molecule has 0 spiro atoms. The molecule has 106 valence electrons. The van der Waals surface area contributed by atoms with Crippen LogP contribution in [0.15, 0.2) is 29.2 Å². The summed E-state index contributed by atoms with van der Waals surface area (Å²) in [6.45, 7) is 8.10. The van der Waals surface area contributed by atoms with Gasteiger partial charge >= 0.3 is 0 Å². The Balaban J connectivity index is 1.71. The summed E-state index contributed by atoms with van der Waals surface area (Å²) in [6, 6.07) is 9.60. The summed E-state index contributed by atoms with van der Waals surface area (Å²) < 4.78 is 5.74. The van der Waals surface area contributed by atoms with Crippen molar-refractivity contribution in [2.75, 3.05) is 12.4 Å². The van der Waals surface area contributed by atoms with Crippen LogP contribution in [0.5, 0.6) is 0 Å². The number of ether oxygens (including phenoxy) is 1. The highest BCUT2D eigenvalue weighted by molar-refractivity contribution is 7.99. The average Bonchev–Trinajstić information content (AvgIpc) is 3.16. The molecule has 0 amide bonds. The van der Waals surface area contributed by atoms with Gasteiger partial charge < -0.3 is 10.1 Å². The lowest BCUT2D eigenvalue weighted by Crippen LogP contribution is -2.20. The second-order valence-electron chi connectivity index (χ2n) is 6.11. The predicted molar refractivity (Wildman–Crippen MR) is 82.7 cm³/mol. The molecule has 0 heterocycles. The van der Waals surface area contributed by atoms with E-state index in [1.165, 1.54) is 23.3 Å². The van der Waals surface area contributed by atoms with Crippen LogP contribution in [0.1, 0.15) is 39.2 Å². The molecule has 1 fully saturated rings. The maximum Gasteiger partial charge on any atom is 0.0598 e. The van der Waals surface area contributed by atoms with Crippen molar-refractivity contribution in [1.82, 2.24) is 5.32 Å². The van der Waals surface area contributed by atoms with E-state index in [-0.39, 0.29) is 5.60 Å². The molecule has 0 saturated heterocycles. The van der Waals surface area contributed by atoms with Crippen LogP contribution < -0.4 is 5.32 Å². The van der Waals surface area contributed by atoms with Crippen LogP contribution >= 0.6 is 11.8 Å². The lowest BCUT2D eigenvalue weighted by molar-refractivity contribution is 0.00695. The number of rotatable bonds is 7. The van der Waals surface area contributed by atoms with Gasteiger partial charge in [0.2, 0.25) is 0 Å². The minimum absolute atomic E-state index is 0.0312. The Labute approximate surface area is 121 Å². The summed E-state index contributed by atoms with van der Waals surface area (Å²) in [7, 11) is 0. The third-order valence-electron chi connectivity index (χ3n) is 2.96. The molecule has 1 aliphatic rings. The summed E-state index contributed by atoms with van der Waals surface area (Å²) >= 11 is 1.87. The van der Waals surface area contributed by atoms with Gasteiger partial charge in [-0.1, -0.05) is 12.1 Å². The van der Waals surface area contributed by atoms with E-state index in [0.717, 1.165) is 24.9 Å². The largest absolute Gasteiger partial charge is 0.375 e. The molecule has 0 aromatic heterocycles. The van der Waals surface area contributed by atoms with E-state index in [9.17, 15) is 0 Å². The van der Waals surface area contributed by atoms with Gasteiger partial charge in [0, 0.05) is 23.2 Å². The Hall–Kier alpha value is -0.510. The van der Waals surface area contributed by atoms with Crippen molar-refractivity contribution in [2.45, 2.75) is 56.7 Å². The topological polar surface area (TPSA) is 21.3 Å². The molecule has 1 N–H and O–H groups in total. The third-order valence-corrected chi connectivity index (χ3v) is 3.92. The van der Waals surface area contributed by atoms with Gasteiger partial charge in [-0.2, -0.15) is 0 Å². The lowest BCUT2D eigenvalue weighted by Gasteiger charge is -2.19. The van der Waals surface area contributed by atoms with Crippen LogP contribution in [0.3, 0.4) is 0 Å². The number of hydrogen-bond acceptors (Lipinski definition) is 3. The van der Waals surface area contributed by atoms with Gasteiger partial charge in [0.15, 0.2) is 0 Å². The monoisotopic (exact) mass is 279 g/mol. The Morgan fingerprint density at radius 2 is 2.11 bits per heavy atom. The summed E-state index contributed by atoms with van der Waals surface area (Å²) in [5.41, 5.74) is 1.35. The lowest BCUT2D eigenvalue weighted by atomic mass is 10.2. The zero-order chi connectivity index (χ0) is 13.7. The van der Waals surface area contributed by atoms with Gasteiger partial charge in [-0.3, -0.25) is 0 Å². The smallest absolute Gasteiger partial charge is 0.0598 e. The first-order valence-corrected chi connectivity index (χ1v) is 8.10. The Bertz CT molecular complexity index is 396. The molecule has 0 bridgehead atoms. The average molecular weight is 279 g/mol. The van der Waals surface area contributed by atoms with Crippen LogP contribution in [0.25, 0.3) is 0 Å². The highest BCUT2D eigenvalue weighted by atomic mass is 32.2. The fourth-order valence-corrected chi connectivity index (χ4v) is 2.61. The molecular formula is C16H25NOS. The van der Waals surface area contributed by atoms with E-state index < -0.39 is 0 Å². The van der Waals surface area contributed by atoms with Crippen LogP contribution in [-0.2, 0) is 11.3 Å². The minimum Gasteiger partial charge on any atom is -0.375 e. The summed E-state index contributed by atoms with van der Waals surface area (Å²) in [6.07, 6.45) is 2.69. The molecule has 0 radical (unpaired) electrons. The van der Waals surface area contributed by atoms with Gasteiger partial charge in [-0.15, -0.1) is 11.8 Å². The zero-order valence-corrected chi connectivity index (χ0v) is 13.1. The first-order valence-electron chi connectivity index (χ1n) is 7.12. The van der Waals surface area contributed by atoms with Gasteiger partial charge in [0.1, 0.15) is 0 Å². The third kappa shape index (κ3) is 6.46. The SMILES string of the molecule is CC(C)(C)OCCSc1cccc(CNC2CC2)c1. The molecule has 1 aromatic rings. The van der Waals surface area contributed by atoms with Crippen LogP contribution in [0, 0.1) is 0 Å². The molecule has 0 atom stereocenters. The van der Waals surface area contributed by atoms with Gasteiger partial charge in [0.25, 0.3) is 0 Å². The van der Waals surface area contributed by atoms with Crippen LogP contribution in [0.2, 0.25) is 0 Å². The van der Waals surface area contributed by atoms with Crippen molar-refractivity contribution in [1.29, 1.82) is 0 Å². The Morgan fingerprint density at radius 1 is 1.32 bits per heavy atom. The molecular weight excluding hydrogens is 254 g/mol. The van der Waals surface area contributed by atoms with Gasteiger partial charge in [-0.25, -0.2) is 0 Å². The normalized spacial score (nSPS) is 15.7. The molecule has 19 heavy (non-hydrogen) atoms. The highest BCUT2D eigenvalue weighted by Crippen LogP contribution is 2.22. The van der Waals surface area contributed by atoms with Crippen LogP contribution in [-0.4, -0.2) is 24.0 Å². The molecule has 2 nitrogen and oxygen atoms in total. The molecule has 3 heteroatoms. The molecule has 1 aromatic carbocycles. The number of hydrogen-bond donors (Lipinski definition) is 1. The Morgan fingerprint density at radius 3 is 2.79 bits per heavy atom. The molecule has 1 aliphatic carbocycles. The van der Waals surface area contributed by atoms with E-state index in [4.69, 9.17) is 4.74 Å². The summed E-state index contributed by atoms with van der Waals surface area (Å²) in [4.78, 5) is 1.34. The van der Waals surface area contributed by atoms with Crippen molar-refractivity contribution in [3.8, 4) is 0 Å². The molecule has 0 aliphatic heterocycles. The quantitative estimate of drug-likeness (QED) is 0.605. The van der Waals surface area contributed by atoms with Crippen molar-refractivity contribution in [2.24, 2.45) is 0 Å². The molecule has 1 saturated carbocycles. The molecule has 0 unspecified atom stereocenters. The van der Waals surface area contributed by atoms with E-state index in [2.05, 4.69) is 50.4 Å². The van der Waals surface area contributed by atoms with E-state index in [1.807, 2.05) is 11.8 Å². The van der Waals surface area contributed by atoms with Gasteiger partial charge in [0.05, 0.1) is 12.2 Å². The number of thioether (sulfide) groups is 1. The number of benzene rings is 1. The van der Waals surface area contributed by atoms with E-state index in [0.29, 0.717) is 0 Å². The first kappa shape index (κ1) is 14.9. The van der Waals surface area contributed by atoms with Crippen molar-refractivity contribution >= 4 is 11.8 Å². The predicted octanol–water partition coefficient (Wildman–Crippen LogP) is 3.85. The number of nitrogens with one attached hydrogen (secondary N) is 1. The fourth-order valence-electron chi connectivity index (χ4n) is 1.80. The maximum atomic E-state index is 5.74. The van der Waals surface area contributed by atoms with Crippen molar-refractivity contribution in [3.63, 3.8) is 0 Å². The zero-order valence-electron chi connectivity index (χ0n) is 12.2. The fraction of sp³-hybridized carbons (Fsp3) is 0.625. The summed E-state index contributed by atoms with van der Waals surface area (Å²) in [5, 5.41) is 3.55. The maximum absolute atomic E-state index is 5.74. The Kier molecular flexibility index (Phi) is 5.31. The van der Waals surface area contributed by atoms with Crippen molar-refractivity contribution < 1.29 is 4.74 Å². The second kappa shape index (κ2) is 6.78. The highest BCUT2D eigenvalue weighted by Gasteiger charge is 2.19. The second-order valence-corrected chi connectivity index (χ2v) is 7.28. The van der Waals surface area contributed by atoms with E-state index >= 15 is 0 Å².